The number of amides is 1. The molecule has 0 saturated carbocycles. The number of ether oxygens (including phenoxy) is 1. The lowest BCUT2D eigenvalue weighted by molar-refractivity contribution is -0.117. The second kappa shape index (κ2) is 7.28. The van der Waals surface area contributed by atoms with Crippen LogP contribution >= 0.6 is 22.9 Å². The van der Waals surface area contributed by atoms with E-state index < -0.39 is 0 Å². The Bertz CT molecular complexity index is 577. The average molecular weight is 312 g/mol. The molecule has 6 heteroatoms. The first-order valence-electron chi connectivity index (χ1n) is 5.96. The van der Waals surface area contributed by atoms with Gasteiger partial charge in [-0.25, -0.2) is 0 Å². The summed E-state index contributed by atoms with van der Waals surface area (Å²) >= 11 is 7.32. The maximum Gasteiger partial charge on any atom is 0.244 e. The van der Waals surface area contributed by atoms with E-state index >= 15 is 0 Å². The van der Waals surface area contributed by atoms with E-state index in [1.54, 1.807) is 31.6 Å². The maximum atomic E-state index is 11.7. The van der Waals surface area contributed by atoms with Gasteiger partial charge in [0.2, 0.25) is 5.91 Å². The highest BCUT2D eigenvalue weighted by molar-refractivity contribution is 7.16. The number of methoxy groups -OCH3 is 1. The molecule has 20 heavy (non-hydrogen) atoms. The van der Waals surface area contributed by atoms with Gasteiger partial charge in [-0.1, -0.05) is 11.6 Å². The first-order chi connectivity index (χ1) is 9.69. The minimum atomic E-state index is -0.203. The lowest BCUT2D eigenvalue weighted by atomic mass is 10.3. The zero-order valence-electron chi connectivity index (χ0n) is 10.8. The summed E-state index contributed by atoms with van der Waals surface area (Å²) in [4.78, 5) is 12.7. The van der Waals surface area contributed by atoms with Crippen LogP contribution in [0.1, 0.15) is 16.7 Å². The molecule has 0 aromatic carbocycles. The zero-order chi connectivity index (χ0) is 14.4. The van der Waals surface area contributed by atoms with E-state index in [2.05, 4.69) is 5.32 Å². The SMILES string of the molecule is CO[C@H](CNC(=O)/C=C/c1ccco1)c1ccc(Cl)s1. The van der Waals surface area contributed by atoms with Crippen LogP contribution in [0.2, 0.25) is 4.34 Å². The number of furan rings is 1. The van der Waals surface area contributed by atoms with Crippen molar-refractivity contribution < 1.29 is 13.9 Å². The second-order valence-corrected chi connectivity index (χ2v) is 5.71. The highest BCUT2D eigenvalue weighted by Gasteiger charge is 2.13. The Kier molecular flexibility index (Phi) is 5.40. The van der Waals surface area contributed by atoms with Crippen LogP contribution < -0.4 is 5.32 Å². The smallest absolute Gasteiger partial charge is 0.244 e. The van der Waals surface area contributed by atoms with Crippen molar-refractivity contribution in [1.82, 2.24) is 5.32 Å². The van der Waals surface area contributed by atoms with Gasteiger partial charge in [-0.15, -0.1) is 11.3 Å². The van der Waals surface area contributed by atoms with E-state index in [4.69, 9.17) is 20.8 Å². The van der Waals surface area contributed by atoms with Crippen LogP contribution in [0.15, 0.2) is 41.0 Å². The van der Waals surface area contributed by atoms with Crippen molar-refractivity contribution in [3.05, 3.63) is 51.6 Å². The summed E-state index contributed by atoms with van der Waals surface area (Å²) in [6.45, 7) is 0.384. The van der Waals surface area contributed by atoms with E-state index in [1.807, 2.05) is 12.1 Å². The van der Waals surface area contributed by atoms with Crippen molar-refractivity contribution in [1.29, 1.82) is 0 Å². The molecule has 0 aliphatic rings. The lowest BCUT2D eigenvalue weighted by Gasteiger charge is -2.13. The summed E-state index contributed by atoms with van der Waals surface area (Å²) in [7, 11) is 1.60. The van der Waals surface area contributed by atoms with Crippen molar-refractivity contribution in [2.45, 2.75) is 6.10 Å². The van der Waals surface area contributed by atoms with Crippen LogP contribution in [0.4, 0.5) is 0 Å². The summed E-state index contributed by atoms with van der Waals surface area (Å²) in [5, 5.41) is 2.78. The van der Waals surface area contributed by atoms with E-state index in [0.29, 0.717) is 16.6 Å². The van der Waals surface area contributed by atoms with Crippen LogP contribution in [0.25, 0.3) is 6.08 Å². The highest BCUT2D eigenvalue weighted by atomic mass is 35.5. The molecule has 0 radical (unpaired) electrons. The number of carbonyl (C=O) groups excluding carboxylic acids is 1. The van der Waals surface area contributed by atoms with E-state index in [0.717, 1.165) is 4.88 Å². The number of hydrogen-bond donors (Lipinski definition) is 1. The third-order valence-electron chi connectivity index (χ3n) is 2.60. The molecule has 0 spiro atoms. The van der Waals surface area contributed by atoms with Crippen LogP contribution in [0, 0.1) is 0 Å². The highest BCUT2D eigenvalue weighted by Crippen LogP contribution is 2.28. The molecule has 1 amide bonds. The van der Waals surface area contributed by atoms with Crippen molar-refractivity contribution >= 4 is 34.9 Å². The van der Waals surface area contributed by atoms with Crippen LogP contribution in [-0.4, -0.2) is 19.6 Å². The molecule has 2 aromatic rings. The normalized spacial score (nSPS) is 12.7. The first-order valence-corrected chi connectivity index (χ1v) is 7.16. The summed E-state index contributed by atoms with van der Waals surface area (Å²) in [5.41, 5.74) is 0. The Morgan fingerprint density at radius 3 is 3.00 bits per heavy atom. The fourth-order valence-corrected chi connectivity index (χ4v) is 2.74. The molecule has 1 atom stereocenters. The van der Waals surface area contributed by atoms with Crippen LogP contribution in [0.3, 0.4) is 0 Å². The van der Waals surface area contributed by atoms with Gasteiger partial charge >= 0.3 is 0 Å². The van der Waals surface area contributed by atoms with Gasteiger partial charge in [0.05, 0.1) is 10.6 Å². The molecule has 0 fully saturated rings. The molecule has 0 bridgehead atoms. The number of halogens is 1. The molecule has 0 aliphatic carbocycles. The molecule has 0 unspecified atom stereocenters. The summed E-state index contributed by atoms with van der Waals surface area (Å²) < 4.78 is 11.1. The van der Waals surface area contributed by atoms with Gasteiger partial charge in [-0.05, 0) is 30.3 Å². The topological polar surface area (TPSA) is 51.5 Å². The average Bonchev–Trinajstić information content (AvgIpc) is 3.09. The van der Waals surface area contributed by atoms with Crippen molar-refractivity contribution in [2.24, 2.45) is 0 Å². The summed E-state index contributed by atoms with van der Waals surface area (Å²) in [6.07, 6.45) is 4.39. The van der Waals surface area contributed by atoms with E-state index in [-0.39, 0.29) is 12.0 Å². The molecule has 2 aromatic heterocycles. The Balaban J connectivity index is 1.85. The van der Waals surface area contributed by atoms with Crippen molar-refractivity contribution in [3.8, 4) is 0 Å². The fraction of sp³-hybridized carbons (Fsp3) is 0.214. The largest absolute Gasteiger partial charge is 0.465 e. The monoisotopic (exact) mass is 311 g/mol. The summed E-state index contributed by atoms with van der Waals surface area (Å²) in [6, 6.07) is 7.24. The molecule has 0 saturated heterocycles. The van der Waals surface area contributed by atoms with Crippen LogP contribution in [-0.2, 0) is 9.53 Å². The third kappa shape index (κ3) is 4.23. The first kappa shape index (κ1) is 14.8. The van der Waals surface area contributed by atoms with Crippen LogP contribution in [0.5, 0.6) is 0 Å². The third-order valence-corrected chi connectivity index (χ3v) is 3.92. The zero-order valence-corrected chi connectivity index (χ0v) is 12.4. The molecule has 2 heterocycles. The Labute approximate surface area is 126 Å². The van der Waals surface area contributed by atoms with Gasteiger partial charge in [-0.3, -0.25) is 4.79 Å². The van der Waals surface area contributed by atoms with E-state index in [1.165, 1.54) is 17.4 Å². The van der Waals surface area contributed by atoms with Gasteiger partial charge in [0.1, 0.15) is 11.9 Å². The number of hydrogen-bond acceptors (Lipinski definition) is 4. The predicted molar refractivity (Wildman–Crippen MR) is 79.8 cm³/mol. The number of rotatable bonds is 6. The minimum absolute atomic E-state index is 0.200. The molecule has 1 N–H and O–H groups in total. The molecule has 0 aliphatic heterocycles. The van der Waals surface area contributed by atoms with Gasteiger partial charge in [0, 0.05) is 24.6 Å². The van der Waals surface area contributed by atoms with Crippen molar-refractivity contribution in [3.63, 3.8) is 0 Å². The van der Waals surface area contributed by atoms with Gasteiger partial charge in [0.25, 0.3) is 0 Å². The lowest BCUT2D eigenvalue weighted by Crippen LogP contribution is -2.27. The fourth-order valence-electron chi connectivity index (χ4n) is 1.60. The minimum Gasteiger partial charge on any atom is -0.465 e. The maximum absolute atomic E-state index is 11.7. The van der Waals surface area contributed by atoms with E-state index in [9.17, 15) is 4.79 Å². The quantitative estimate of drug-likeness (QED) is 0.831. The van der Waals surface area contributed by atoms with Gasteiger partial charge in [0.15, 0.2) is 0 Å². The predicted octanol–water partition coefficient (Wildman–Crippen LogP) is 3.51. The summed E-state index contributed by atoms with van der Waals surface area (Å²) in [5.74, 6) is 0.430. The van der Waals surface area contributed by atoms with Gasteiger partial charge in [-0.2, -0.15) is 0 Å². The Hall–Kier alpha value is -1.56. The molecule has 106 valence electrons. The second-order valence-electron chi connectivity index (χ2n) is 3.96. The number of carbonyl (C=O) groups is 1. The molecular formula is C14H14ClNO3S. The molecular weight excluding hydrogens is 298 g/mol. The number of thiophene rings is 1. The standard InChI is InChI=1S/C14H14ClNO3S/c1-18-11(12-5-6-13(15)20-12)9-16-14(17)7-4-10-3-2-8-19-10/h2-8,11H,9H2,1H3,(H,16,17)/b7-4+/t11-/m1/s1. The van der Waals surface area contributed by atoms with Gasteiger partial charge < -0.3 is 14.5 Å². The molecule has 4 nitrogen and oxygen atoms in total. The molecule has 2 rings (SSSR count). The van der Waals surface area contributed by atoms with Crippen molar-refractivity contribution in [2.75, 3.05) is 13.7 Å². The number of nitrogens with one attached hydrogen (secondary N) is 1. The Morgan fingerprint density at radius 2 is 2.40 bits per heavy atom. The Morgan fingerprint density at radius 1 is 1.55 bits per heavy atom.